The molecule has 23 heavy (non-hydrogen) atoms. The largest absolute Gasteiger partial charge is 0.313 e. The molecule has 2 aromatic heterocycles. The summed E-state index contributed by atoms with van der Waals surface area (Å²) in [6.07, 6.45) is 4.93. The molecule has 1 unspecified atom stereocenters. The summed E-state index contributed by atoms with van der Waals surface area (Å²) in [5.41, 5.74) is 0.890. The van der Waals surface area contributed by atoms with Crippen LogP contribution in [-0.2, 0) is 16.6 Å². The number of hydrogen-bond donors (Lipinski definition) is 1. The second kappa shape index (κ2) is 7.39. The number of hydrogen-bond acceptors (Lipinski definition) is 5. The van der Waals surface area contributed by atoms with Crippen LogP contribution >= 0.6 is 12.4 Å². The molecule has 0 bridgehead atoms. The van der Waals surface area contributed by atoms with Gasteiger partial charge in [-0.1, -0.05) is 6.07 Å². The van der Waals surface area contributed by atoms with Crippen LogP contribution in [0.3, 0.4) is 0 Å². The van der Waals surface area contributed by atoms with Crippen LogP contribution in [-0.4, -0.2) is 47.1 Å². The zero-order chi connectivity index (χ0) is 15.6. The minimum Gasteiger partial charge on any atom is -0.313 e. The molecular weight excluding hydrogens is 338 g/mol. The maximum atomic E-state index is 13.0. The molecule has 1 saturated heterocycles. The van der Waals surface area contributed by atoms with Crippen molar-refractivity contribution >= 4 is 22.4 Å². The summed E-state index contributed by atoms with van der Waals surface area (Å²) in [5, 5.41) is 7.57. The Morgan fingerprint density at radius 1 is 1.35 bits per heavy atom. The summed E-state index contributed by atoms with van der Waals surface area (Å²) in [6.45, 7) is 4.03. The average molecular weight is 358 g/mol. The molecule has 1 aliphatic rings. The van der Waals surface area contributed by atoms with Gasteiger partial charge in [0.15, 0.2) is 5.03 Å². The Morgan fingerprint density at radius 3 is 2.87 bits per heavy atom. The first-order valence-corrected chi connectivity index (χ1v) is 8.73. The van der Waals surface area contributed by atoms with Crippen molar-refractivity contribution in [2.75, 3.05) is 19.6 Å². The molecule has 1 N–H and O–H groups in total. The van der Waals surface area contributed by atoms with Crippen molar-refractivity contribution in [1.82, 2.24) is 24.4 Å². The van der Waals surface area contributed by atoms with Crippen LogP contribution in [0.4, 0.5) is 0 Å². The minimum absolute atomic E-state index is 0. The molecule has 3 heterocycles. The van der Waals surface area contributed by atoms with Gasteiger partial charge in [0.05, 0.1) is 12.2 Å². The Bertz CT molecular complexity index is 735. The number of nitrogens with zero attached hydrogens (tertiary/aromatic N) is 4. The van der Waals surface area contributed by atoms with E-state index in [1.54, 1.807) is 22.8 Å². The zero-order valence-electron chi connectivity index (χ0n) is 12.8. The van der Waals surface area contributed by atoms with Crippen LogP contribution < -0.4 is 5.32 Å². The maximum absolute atomic E-state index is 13.0. The lowest BCUT2D eigenvalue weighted by atomic mass is 10.1. The maximum Gasteiger partial charge on any atom is 0.260 e. The van der Waals surface area contributed by atoms with Gasteiger partial charge in [-0.25, -0.2) is 8.42 Å². The van der Waals surface area contributed by atoms with E-state index in [1.807, 2.05) is 19.1 Å². The summed E-state index contributed by atoms with van der Waals surface area (Å²) >= 11 is 0. The fraction of sp³-hybridized carbons (Fsp3) is 0.429. The number of rotatable bonds is 4. The normalized spacial score (nSPS) is 19.3. The number of piperazine rings is 1. The summed E-state index contributed by atoms with van der Waals surface area (Å²) in [5.74, 6) is 0. The van der Waals surface area contributed by atoms with E-state index >= 15 is 0 Å². The smallest absolute Gasteiger partial charge is 0.260 e. The highest BCUT2D eigenvalue weighted by Crippen LogP contribution is 2.28. The van der Waals surface area contributed by atoms with Crippen LogP contribution in [0.25, 0.3) is 0 Å². The first-order valence-electron chi connectivity index (χ1n) is 7.29. The highest BCUT2D eigenvalue weighted by atomic mass is 35.5. The average Bonchev–Trinajstić information content (AvgIpc) is 3.05. The number of halogens is 1. The van der Waals surface area contributed by atoms with Gasteiger partial charge in [0.25, 0.3) is 10.0 Å². The molecule has 7 nitrogen and oxygen atoms in total. The topological polar surface area (TPSA) is 80.1 Å². The molecule has 9 heteroatoms. The SMILES string of the molecule is CCn1nccc1S(=O)(=O)N1CCNCC1c1cccnc1.Cl. The Kier molecular flexibility index (Phi) is 5.74. The second-order valence-corrected chi connectivity index (χ2v) is 6.94. The Labute approximate surface area is 142 Å². The zero-order valence-corrected chi connectivity index (χ0v) is 14.4. The van der Waals surface area contributed by atoms with Crippen molar-refractivity contribution in [3.8, 4) is 0 Å². The van der Waals surface area contributed by atoms with E-state index in [9.17, 15) is 8.42 Å². The molecule has 2 aromatic rings. The quantitative estimate of drug-likeness (QED) is 0.884. The summed E-state index contributed by atoms with van der Waals surface area (Å²) in [7, 11) is -3.59. The number of aromatic nitrogens is 3. The van der Waals surface area contributed by atoms with Crippen LogP contribution in [0.5, 0.6) is 0 Å². The Balaban J connectivity index is 0.00000192. The van der Waals surface area contributed by atoms with E-state index in [2.05, 4.69) is 15.4 Å². The molecule has 0 aromatic carbocycles. The standard InChI is InChI=1S/C14H19N5O2S.ClH/c1-2-18-14(5-7-17-18)22(20,21)19-9-8-16-11-13(19)12-4-3-6-15-10-12;/h3-7,10,13,16H,2,8-9,11H2,1H3;1H. The lowest BCUT2D eigenvalue weighted by Crippen LogP contribution is -2.49. The molecule has 126 valence electrons. The van der Waals surface area contributed by atoms with E-state index in [0.717, 1.165) is 5.56 Å². The van der Waals surface area contributed by atoms with Gasteiger partial charge in [0.2, 0.25) is 0 Å². The van der Waals surface area contributed by atoms with Crippen LogP contribution in [0.2, 0.25) is 0 Å². The number of sulfonamides is 1. The minimum atomic E-state index is -3.59. The third-order valence-electron chi connectivity index (χ3n) is 3.81. The van der Waals surface area contributed by atoms with E-state index in [4.69, 9.17) is 0 Å². The van der Waals surface area contributed by atoms with Gasteiger partial charge < -0.3 is 5.32 Å². The van der Waals surface area contributed by atoms with Crippen LogP contribution in [0, 0.1) is 0 Å². The van der Waals surface area contributed by atoms with Crippen molar-refractivity contribution in [2.24, 2.45) is 0 Å². The molecule has 1 fully saturated rings. The van der Waals surface area contributed by atoms with Gasteiger partial charge in [-0.15, -0.1) is 12.4 Å². The molecule has 0 saturated carbocycles. The van der Waals surface area contributed by atoms with Crippen molar-refractivity contribution < 1.29 is 8.42 Å². The van der Waals surface area contributed by atoms with E-state index in [-0.39, 0.29) is 23.5 Å². The predicted molar refractivity (Wildman–Crippen MR) is 88.9 cm³/mol. The molecule has 0 radical (unpaired) electrons. The van der Waals surface area contributed by atoms with Crippen molar-refractivity contribution in [1.29, 1.82) is 0 Å². The van der Waals surface area contributed by atoms with Gasteiger partial charge in [0.1, 0.15) is 0 Å². The number of nitrogens with one attached hydrogen (secondary N) is 1. The Morgan fingerprint density at radius 2 is 2.17 bits per heavy atom. The molecule has 3 rings (SSSR count). The lowest BCUT2D eigenvalue weighted by Gasteiger charge is -2.35. The van der Waals surface area contributed by atoms with Gasteiger partial charge in [-0.2, -0.15) is 9.40 Å². The lowest BCUT2D eigenvalue weighted by molar-refractivity contribution is 0.269. The first-order chi connectivity index (χ1) is 10.6. The molecule has 0 amide bonds. The summed E-state index contributed by atoms with van der Waals surface area (Å²) in [6, 6.07) is 5.03. The third kappa shape index (κ3) is 3.40. The van der Waals surface area contributed by atoms with Gasteiger partial charge >= 0.3 is 0 Å². The van der Waals surface area contributed by atoms with Crippen molar-refractivity contribution in [3.63, 3.8) is 0 Å². The fourth-order valence-electron chi connectivity index (χ4n) is 2.73. The van der Waals surface area contributed by atoms with Crippen molar-refractivity contribution in [3.05, 3.63) is 42.4 Å². The van der Waals surface area contributed by atoms with Crippen molar-refractivity contribution in [2.45, 2.75) is 24.5 Å². The molecule has 1 atom stereocenters. The summed E-state index contributed by atoms with van der Waals surface area (Å²) < 4.78 is 29.1. The monoisotopic (exact) mass is 357 g/mol. The molecule has 1 aliphatic heterocycles. The van der Waals surface area contributed by atoms with Gasteiger partial charge in [0, 0.05) is 38.6 Å². The van der Waals surface area contributed by atoms with Crippen LogP contribution in [0.1, 0.15) is 18.5 Å². The van der Waals surface area contributed by atoms with Gasteiger partial charge in [-0.05, 0) is 24.6 Å². The van der Waals surface area contributed by atoms with E-state index < -0.39 is 10.0 Å². The van der Waals surface area contributed by atoms with E-state index in [0.29, 0.717) is 26.2 Å². The third-order valence-corrected chi connectivity index (χ3v) is 5.74. The molecular formula is C14H20ClN5O2S. The Hall–Kier alpha value is -1.48. The molecule has 0 spiro atoms. The van der Waals surface area contributed by atoms with Gasteiger partial charge in [-0.3, -0.25) is 9.67 Å². The van der Waals surface area contributed by atoms with Crippen LogP contribution in [0.15, 0.2) is 41.8 Å². The fourth-order valence-corrected chi connectivity index (χ4v) is 4.51. The highest BCUT2D eigenvalue weighted by Gasteiger charge is 2.36. The predicted octanol–water partition coefficient (Wildman–Crippen LogP) is 1.05. The first kappa shape index (κ1) is 17.9. The molecule has 0 aliphatic carbocycles. The summed E-state index contributed by atoms with van der Waals surface area (Å²) in [4.78, 5) is 4.11. The second-order valence-electron chi connectivity index (χ2n) is 5.11. The number of pyridine rings is 1. The highest BCUT2D eigenvalue weighted by molar-refractivity contribution is 7.89. The van der Waals surface area contributed by atoms with E-state index in [1.165, 1.54) is 10.9 Å². The number of aryl methyl sites for hydroxylation is 1.